The number of rotatable bonds is 8. The molecule has 1 heterocycles. The smallest absolute Gasteiger partial charge is 0.325 e. The Morgan fingerprint density at radius 2 is 1.88 bits per heavy atom. The predicted molar refractivity (Wildman–Crippen MR) is 120 cm³/mol. The summed E-state index contributed by atoms with van der Waals surface area (Å²) >= 11 is 1.42. The van der Waals surface area contributed by atoms with Crippen LogP contribution in [0, 0.1) is 11.3 Å². The zero-order valence-corrected chi connectivity index (χ0v) is 18.7. The third-order valence-corrected chi connectivity index (χ3v) is 6.18. The largest absolute Gasteiger partial charge is 0.494 e. The SMILES string of the molecule is CCOc1ccc(C(=O)NCC(=O)OCC(=O)Nc2sc3c(c2C#N)CCCCC3)cc1. The number of hydrogen-bond donors (Lipinski definition) is 2. The Labute approximate surface area is 190 Å². The van der Waals surface area contributed by atoms with Crippen LogP contribution in [-0.4, -0.2) is 37.5 Å². The van der Waals surface area contributed by atoms with E-state index < -0.39 is 24.4 Å². The molecule has 1 aromatic carbocycles. The number of ether oxygens (including phenoxy) is 2. The number of carbonyl (C=O) groups is 3. The molecule has 9 heteroatoms. The summed E-state index contributed by atoms with van der Waals surface area (Å²) in [6.45, 7) is 1.53. The second kappa shape index (κ2) is 11.3. The van der Waals surface area contributed by atoms with Crippen LogP contribution in [-0.2, 0) is 27.2 Å². The summed E-state index contributed by atoms with van der Waals surface area (Å²) in [7, 11) is 0. The van der Waals surface area contributed by atoms with Crippen molar-refractivity contribution in [3.63, 3.8) is 0 Å². The van der Waals surface area contributed by atoms with Crippen molar-refractivity contribution in [1.29, 1.82) is 5.26 Å². The van der Waals surface area contributed by atoms with Crippen molar-refractivity contribution in [2.75, 3.05) is 25.1 Å². The van der Waals surface area contributed by atoms with Gasteiger partial charge in [-0.2, -0.15) is 5.26 Å². The molecule has 0 saturated heterocycles. The van der Waals surface area contributed by atoms with Crippen molar-refractivity contribution >= 4 is 34.1 Å². The molecule has 1 aliphatic rings. The number of nitriles is 1. The molecule has 2 amide bonds. The number of thiophene rings is 1. The van der Waals surface area contributed by atoms with E-state index in [-0.39, 0.29) is 6.54 Å². The van der Waals surface area contributed by atoms with E-state index >= 15 is 0 Å². The predicted octanol–water partition coefficient (Wildman–Crippen LogP) is 3.20. The first kappa shape index (κ1) is 23.3. The number of aryl methyl sites for hydroxylation is 1. The summed E-state index contributed by atoms with van der Waals surface area (Å²) in [6.07, 6.45) is 5.00. The van der Waals surface area contributed by atoms with Gasteiger partial charge in [0.1, 0.15) is 23.4 Å². The van der Waals surface area contributed by atoms with E-state index in [0.29, 0.717) is 28.5 Å². The lowest BCUT2D eigenvalue weighted by molar-refractivity contribution is -0.146. The normalized spacial score (nSPS) is 12.6. The third-order valence-electron chi connectivity index (χ3n) is 4.97. The minimum absolute atomic E-state index is 0.365. The first-order valence-corrected chi connectivity index (χ1v) is 11.3. The second-order valence-corrected chi connectivity index (χ2v) is 8.33. The number of esters is 1. The lowest BCUT2D eigenvalue weighted by atomic mass is 10.1. The Bertz CT molecular complexity index is 1020. The van der Waals surface area contributed by atoms with E-state index in [9.17, 15) is 19.6 Å². The highest BCUT2D eigenvalue weighted by Gasteiger charge is 2.21. The van der Waals surface area contributed by atoms with Gasteiger partial charge >= 0.3 is 5.97 Å². The quantitative estimate of drug-likeness (QED) is 0.466. The molecule has 168 valence electrons. The Kier molecular flexibility index (Phi) is 8.22. The van der Waals surface area contributed by atoms with Crippen LogP contribution in [0.15, 0.2) is 24.3 Å². The molecule has 0 saturated carbocycles. The van der Waals surface area contributed by atoms with Crippen LogP contribution in [0.5, 0.6) is 5.75 Å². The fourth-order valence-electron chi connectivity index (χ4n) is 3.43. The summed E-state index contributed by atoms with van der Waals surface area (Å²) in [6, 6.07) is 8.71. The highest BCUT2D eigenvalue weighted by molar-refractivity contribution is 7.16. The molecular weight excluding hydrogens is 430 g/mol. The van der Waals surface area contributed by atoms with Gasteiger partial charge in [0.2, 0.25) is 0 Å². The Morgan fingerprint density at radius 1 is 1.12 bits per heavy atom. The van der Waals surface area contributed by atoms with Gasteiger partial charge in [0, 0.05) is 10.4 Å². The van der Waals surface area contributed by atoms with Crippen LogP contribution < -0.4 is 15.4 Å². The number of hydrogen-bond acceptors (Lipinski definition) is 7. The molecule has 0 fully saturated rings. The molecule has 0 unspecified atom stereocenters. The molecule has 32 heavy (non-hydrogen) atoms. The number of fused-ring (bicyclic) bond motifs is 1. The first-order valence-electron chi connectivity index (χ1n) is 10.5. The second-order valence-electron chi connectivity index (χ2n) is 7.23. The molecule has 0 spiro atoms. The van der Waals surface area contributed by atoms with Crippen LogP contribution in [0.1, 0.15) is 52.5 Å². The fourth-order valence-corrected chi connectivity index (χ4v) is 4.69. The van der Waals surface area contributed by atoms with E-state index in [1.807, 2.05) is 6.92 Å². The van der Waals surface area contributed by atoms with Gasteiger partial charge in [-0.05, 0) is 62.4 Å². The monoisotopic (exact) mass is 455 g/mol. The number of benzene rings is 1. The first-order chi connectivity index (χ1) is 15.5. The van der Waals surface area contributed by atoms with Gasteiger partial charge in [-0.25, -0.2) is 0 Å². The Balaban J connectivity index is 1.45. The van der Waals surface area contributed by atoms with Gasteiger partial charge in [-0.1, -0.05) is 6.42 Å². The third kappa shape index (κ3) is 6.08. The van der Waals surface area contributed by atoms with Crippen molar-refractivity contribution in [2.24, 2.45) is 0 Å². The zero-order chi connectivity index (χ0) is 22.9. The maximum Gasteiger partial charge on any atom is 0.325 e. The average molecular weight is 456 g/mol. The Hall–Kier alpha value is -3.38. The number of nitrogens with zero attached hydrogens (tertiary/aromatic N) is 1. The van der Waals surface area contributed by atoms with Crippen LogP contribution in [0.4, 0.5) is 5.00 Å². The van der Waals surface area contributed by atoms with Crippen molar-refractivity contribution in [1.82, 2.24) is 5.32 Å². The molecule has 0 radical (unpaired) electrons. The van der Waals surface area contributed by atoms with Gasteiger partial charge in [0.05, 0.1) is 12.2 Å². The standard InChI is InChI=1S/C23H25N3O5S/c1-2-30-16-10-8-15(9-11-16)22(29)25-13-21(28)31-14-20(27)26-23-18(12-24)17-6-4-3-5-7-19(17)32-23/h8-11H,2-7,13-14H2,1H3,(H,25,29)(H,26,27). The van der Waals surface area contributed by atoms with Crippen molar-refractivity contribution < 1.29 is 23.9 Å². The number of carbonyl (C=O) groups excluding carboxylic acids is 3. The molecule has 8 nitrogen and oxygen atoms in total. The minimum atomic E-state index is -0.734. The topological polar surface area (TPSA) is 118 Å². The molecule has 1 aliphatic carbocycles. The molecular formula is C23H25N3O5S. The maximum atomic E-state index is 12.2. The lowest BCUT2D eigenvalue weighted by Gasteiger charge is -2.08. The van der Waals surface area contributed by atoms with Crippen LogP contribution in [0.3, 0.4) is 0 Å². The Morgan fingerprint density at radius 3 is 2.59 bits per heavy atom. The summed E-state index contributed by atoms with van der Waals surface area (Å²) in [5, 5.41) is 15.2. The summed E-state index contributed by atoms with van der Waals surface area (Å²) in [5.41, 5.74) is 1.91. The molecule has 2 aromatic rings. The van der Waals surface area contributed by atoms with Crippen molar-refractivity contribution in [3.8, 4) is 11.8 Å². The summed E-state index contributed by atoms with van der Waals surface area (Å²) < 4.78 is 10.3. The van der Waals surface area contributed by atoms with Crippen LogP contribution in [0.25, 0.3) is 0 Å². The van der Waals surface area contributed by atoms with Crippen molar-refractivity contribution in [2.45, 2.75) is 39.0 Å². The van der Waals surface area contributed by atoms with E-state index in [4.69, 9.17) is 9.47 Å². The number of nitrogens with one attached hydrogen (secondary N) is 2. The zero-order valence-electron chi connectivity index (χ0n) is 17.9. The van der Waals surface area contributed by atoms with Gasteiger partial charge in [0.15, 0.2) is 6.61 Å². The highest BCUT2D eigenvalue weighted by atomic mass is 32.1. The highest BCUT2D eigenvalue weighted by Crippen LogP contribution is 2.36. The van der Waals surface area contributed by atoms with Gasteiger partial charge in [-0.3, -0.25) is 14.4 Å². The molecule has 0 atom stereocenters. The van der Waals surface area contributed by atoms with Gasteiger partial charge in [-0.15, -0.1) is 11.3 Å². The lowest BCUT2D eigenvalue weighted by Crippen LogP contribution is -2.32. The molecule has 2 N–H and O–H groups in total. The van der Waals surface area contributed by atoms with Gasteiger partial charge in [0.25, 0.3) is 11.8 Å². The van der Waals surface area contributed by atoms with Crippen LogP contribution >= 0.6 is 11.3 Å². The van der Waals surface area contributed by atoms with E-state index in [1.165, 1.54) is 11.3 Å². The van der Waals surface area contributed by atoms with E-state index in [1.54, 1.807) is 24.3 Å². The molecule has 0 aliphatic heterocycles. The maximum absolute atomic E-state index is 12.2. The summed E-state index contributed by atoms with van der Waals surface area (Å²) in [5.74, 6) is -1.05. The molecule has 1 aromatic heterocycles. The minimum Gasteiger partial charge on any atom is -0.494 e. The van der Waals surface area contributed by atoms with Gasteiger partial charge < -0.3 is 20.1 Å². The summed E-state index contributed by atoms with van der Waals surface area (Å²) in [4.78, 5) is 37.4. The van der Waals surface area contributed by atoms with E-state index in [2.05, 4.69) is 16.7 Å². The average Bonchev–Trinajstić information content (AvgIpc) is 2.95. The van der Waals surface area contributed by atoms with E-state index in [0.717, 1.165) is 42.5 Å². The fraction of sp³-hybridized carbons (Fsp3) is 0.391. The molecule has 0 bridgehead atoms. The number of anilines is 1. The van der Waals surface area contributed by atoms with Crippen LogP contribution in [0.2, 0.25) is 0 Å². The number of amides is 2. The molecule has 3 rings (SSSR count). The van der Waals surface area contributed by atoms with Crippen molar-refractivity contribution in [3.05, 3.63) is 45.8 Å².